The molecule has 94 valence electrons. The minimum absolute atomic E-state index is 0.597. The Kier molecular flexibility index (Phi) is 2.73. The molecule has 1 unspecified atom stereocenters. The molecule has 2 aromatic rings. The number of imidazole rings is 1. The molecule has 2 heterocycles. The Balaban J connectivity index is 2.10. The fourth-order valence-electron chi connectivity index (χ4n) is 2.83. The lowest BCUT2D eigenvalue weighted by Gasteiger charge is -2.20. The Morgan fingerprint density at radius 2 is 2.11 bits per heavy atom. The zero-order valence-electron chi connectivity index (χ0n) is 11.4. The highest BCUT2D eigenvalue weighted by Gasteiger charge is 2.19. The summed E-state index contributed by atoms with van der Waals surface area (Å²) in [7, 11) is 0. The first-order valence-corrected chi connectivity index (χ1v) is 6.80. The van der Waals surface area contributed by atoms with Crippen molar-refractivity contribution in [3.8, 4) is 11.3 Å². The van der Waals surface area contributed by atoms with E-state index in [-0.39, 0.29) is 0 Å². The number of nitrogens with zero attached hydrogens (tertiary/aromatic N) is 2. The normalized spacial score (nSPS) is 18.7. The van der Waals surface area contributed by atoms with Gasteiger partial charge in [-0.1, -0.05) is 17.7 Å². The second kappa shape index (κ2) is 4.27. The highest BCUT2D eigenvalue weighted by molar-refractivity contribution is 5.64. The van der Waals surface area contributed by atoms with Gasteiger partial charge in [-0.05, 0) is 45.2 Å². The Bertz CT molecular complexity index is 581. The van der Waals surface area contributed by atoms with Crippen LogP contribution in [0.15, 0.2) is 24.4 Å². The summed E-state index contributed by atoms with van der Waals surface area (Å²) in [6.45, 7) is 6.59. The standard InChI is InChI=1S/C16H20N2/c1-11-7-8-12(2)14(9-11)15-10-18-13(3)5-4-6-16(18)17-15/h7-10,13H,4-6H2,1-3H3. The second-order valence-electron chi connectivity index (χ2n) is 5.51. The third kappa shape index (κ3) is 1.86. The van der Waals surface area contributed by atoms with E-state index in [1.54, 1.807) is 0 Å². The average Bonchev–Trinajstić information content (AvgIpc) is 2.77. The van der Waals surface area contributed by atoms with E-state index in [4.69, 9.17) is 4.98 Å². The van der Waals surface area contributed by atoms with E-state index < -0.39 is 0 Å². The van der Waals surface area contributed by atoms with Crippen molar-refractivity contribution < 1.29 is 0 Å². The van der Waals surface area contributed by atoms with E-state index in [1.807, 2.05) is 0 Å². The molecule has 3 rings (SSSR count). The summed E-state index contributed by atoms with van der Waals surface area (Å²) < 4.78 is 2.36. The van der Waals surface area contributed by atoms with Crippen LogP contribution in [0.1, 0.15) is 42.8 Å². The number of fused-ring (bicyclic) bond motifs is 1. The summed E-state index contributed by atoms with van der Waals surface area (Å²) in [6, 6.07) is 7.19. The van der Waals surface area contributed by atoms with Crippen LogP contribution in [-0.4, -0.2) is 9.55 Å². The molecule has 1 aromatic heterocycles. The van der Waals surface area contributed by atoms with Gasteiger partial charge in [0.25, 0.3) is 0 Å². The first kappa shape index (κ1) is 11.5. The van der Waals surface area contributed by atoms with Crippen LogP contribution in [-0.2, 0) is 6.42 Å². The fraction of sp³-hybridized carbons (Fsp3) is 0.438. The van der Waals surface area contributed by atoms with Gasteiger partial charge in [-0.2, -0.15) is 0 Å². The van der Waals surface area contributed by atoms with Gasteiger partial charge in [-0.3, -0.25) is 0 Å². The molecule has 0 bridgehead atoms. The van der Waals surface area contributed by atoms with Crippen LogP contribution < -0.4 is 0 Å². The molecule has 1 aromatic carbocycles. The number of hydrogen-bond donors (Lipinski definition) is 0. The number of benzene rings is 1. The van der Waals surface area contributed by atoms with Gasteiger partial charge in [-0.25, -0.2) is 4.98 Å². The van der Waals surface area contributed by atoms with Crippen molar-refractivity contribution in [1.29, 1.82) is 0 Å². The van der Waals surface area contributed by atoms with Crippen LogP contribution in [0, 0.1) is 13.8 Å². The van der Waals surface area contributed by atoms with E-state index in [0.717, 1.165) is 12.1 Å². The van der Waals surface area contributed by atoms with Crippen molar-refractivity contribution in [2.75, 3.05) is 0 Å². The number of hydrogen-bond acceptors (Lipinski definition) is 1. The van der Waals surface area contributed by atoms with Gasteiger partial charge >= 0.3 is 0 Å². The topological polar surface area (TPSA) is 17.8 Å². The van der Waals surface area contributed by atoms with Gasteiger partial charge < -0.3 is 4.57 Å². The maximum atomic E-state index is 4.84. The molecule has 0 saturated heterocycles. The van der Waals surface area contributed by atoms with Crippen molar-refractivity contribution in [2.24, 2.45) is 0 Å². The number of aryl methyl sites for hydroxylation is 3. The average molecular weight is 240 g/mol. The molecular formula is C16H20N2. The maximum Gasteiger partial charge on any atom is 0.109 e. The molecule has 2 heteroatoms. The van der Waals surface area contributed by atoms with Crippen LogP contribution in [0.3, 0.4) is 0 Å². The lowest BCUT2D eigenvalue weighted by molar-refractivity contribution is 0.426. The Labute approximate surface area is 109 Å². The molecule has 0 radical (unpaired) electrons. The van der Waals surface area contributed by atoms with Crippen molar-refractivity contribution in [2.45, 2.75) is 46.1 Å². The van der Waals surface area contributed by atoms with E-state index in [9.17, 15) is 0 Å². The van der Waals surface area contributed by atoms with Gasteiger partial charge in [0.1, 0.15) is 5.82 Å². The van der Waals surface area contributed by atoms with Crippen LogP contribution >= 0.6 is 0 Å². The van der Waals surface area contributed by atoms with Crippen molar-refractivity contribution in [3.05, 3.63) is 41.3 Å². The number of aromatic nitrogens is 2. The molecule has 0 fully saturated rings. The van der Waals surface area contributed by atoms with Crippen molar-refractivity contribution >= 4 is 0 Å². The van der Waals surface area contributed by atoms with Crippen LogP contribution in [0.4, 0.5) is 0 Å². The quantitative estimate of drug-likeness (QED) is 0.735. The summed E-state index contributed by atoms with van der Waals surface area (Å²) >= 11 is 0. The number of rotatable bonds is 1. The van der Waals surface area contributed by atoms with E-state index in [0.29, 0.717) is 6.04 Å². The summed E-state index contributed by atoms with van der Waals surface area (Å²) in [5.41, 5.74) is 5.03. The Morgan fingerprint density at radius 3 is 2.89 bits per heavy atom. The van der Waals surface area contributed by atoms with Crippen LogP contribution in [0.25, 0.3) is 11.3 Å². The molecule has 0 spiro atoms. The second-order valence-corrected chi connectivity index (χ2v) is 5.51. The minimum Gasteiger partial charge on any atom is -0.331 e. The first-order chi connectivity index (χ1) is 8.65. The van der Waals surface area contributed by atoms with E-state index in [2.05, 4.69) is 49.7 Å². The molecule has 0 N–H and O–H groups in total. The smallest absolute Gasteiger partial charge is 0.109 e. The molecular weight excluding hydrogens is 220 g/mol. The lowest BCUT2D eigenvalue weighted by atomic mass is 10.0. The predicted molar refractivity (Wildman–Crippen MR) is 74.8 cm³/mol. The molecule has 1 atom stereocenters. The Morgan fingerprint density at radius 1 is 1.28 bits per heavy atom. The summed E-state index contributed by atoms with van der Waals surface area (Å²) in [4.78, 5) is 4.84. The lowest BCUT2D eigenvalue weighted by Crippen LogP contribution is -2.14. The summed E-state index contributed by atoms with van der Waals surface area (Å²) in [5.74, 6) is 1.25. The van der Waals surface area contributed by atoms with Gasteiger partial charge in [0, 0.05) is 24.2 Å². The molecule has 0 saturated carbocycles. The molecule has 0 amide bonds. The predicted octanol–water partition coefficient (Wildman–Crippen LogP) is 4.06. The van der Waals surface area contributed by atoms with Gasteiger partial charge in [0.05, 0.1) is 5.69 Å². The van der Waals surface area contributed by atoms with E-state index in [1.165, 1.54) is 35.4 Å². The largest absolute Gasteiger partial charge is 0.331 e. The van der Waals surface area contributed by atoms with Crippen molar-refractivity contribution in [1.82, 2.24) is 9.55 Å². The molecule has 2 nitrogen and oxygen atoms in total. The van der Waals surface area contributed by atoms with E-state index >= 15 is 0 Å². The minimum atomic E-state index is 0.597. The monoisotopic (exact) mass is 240 g/mol. The van der Waals surface area contributed by atoms with Crippen LogP contribution in [0.5, 0.6) is 0 Å². The third-order valence-corrected chi connectivity index (χ3v) is 3.98. The Hall–Kier alpha value is -1.57. The highest BCUT2D eigenvalue weighted by Crippen LogP contribution is 2.29. The first-order valence-electron chi connectivity index (χ1n) is 6.80. The van der Waals surface area contributed by atoms with Crippen molar-refractivity contribution in [3.63, 3.8) is 0 Å². The van der Waals surface area contributed by atoms with Gasteiger partial charge in [-0.15, -0.1) is 0 Å². The van der Waals surface area contributed by atoms with Gasteiger partial charge in [0.2, 0.25) is 0 Å². The fourth-order valence-corrected chi connectivity index (χ4v) is 2.83. The molecule has 1 aliphatic rings. The zero-order valence-corrected chi connectivity index (χ0v) is 11.4. The third-order valence-electron chi connectivity index (χ3n) is 3.98. The molecule has 0 aliphatic carbocycles. The van der Waals surface area contributed by atoms with Crippen LogP contribution in [0.2, 0.25) is 0 Å². The molecule has 1 aliphatic heterocycles. The maximum absolute atomic E-state index is 4.84. The summed E-state index contributed by atoms with van der Waals surface area (Å²) in [5, 5.41) is 0. The highest BCUT2D eigenvalue weighted by atomic mass is 15.1. The summed E-state index contributed by atoms with van der Waals surface area (Å²) in [6.07, 6.45) is 5.90. The van der Waals surface area contributed by atoms with Gasteiger partial charge in [0.15, 0.2) is 0 Å². The zero-order chi connectivity index (χ0) is 12.7. The molecule has 18 heavy (non-hydrogen) atoms. The SMILES string of the molecule is Cc1ccc(C)c(-c2cn3c(n2)CCCC3C)c1.